The van der Waals surface area contributed by atoms with Gasteiger partial charge in [0.2, 0.25) is 0 Å². The van der Waals surface area contributed by atoms with Crippen molar-refractivity contribution in [3.8, 4) is 0 Å². The SMILES string of the molecule is Cc1nn(C)c(C)c1C(=O)NCc1ccn[nH]1. The lowest BCUT2D eigenvalue weighted by atomic mass is 10.2. The monoisotopic (exact) mass is 233 g/mol. The first-order chi connectivity index (χ1) is 8.09. The number of hydrogen-bond acceptors (Lipinski definition) is 3. The minimum Gasteiger partial charge on any atom is -0.346 e. The molecule has 2 aromatic rings. The second-order valence-electron chi connectivity index (χ2n) is 3.93. The summed E-state index contributed by atoms with van der Waals surface area (Å²) in [6.45, 7) is 4.15. The first-order valence-electron chi connectivity index (χ1n) is 5.36. The van der Waals surface area contributed by atoms with Crippen LogP contribution in [0.15, 0.2) is 12.3 Å². The van der Waals surface area contributed by atoms with E-state index in [0.717, 1.165) is 17.1 Å². The summed E-state index contributed by atoms with van der Waals surface area (Å²) in [7, 11) is 1.83. The lowest BCUT2D eigenvalue weighted by Crippen LogP contribution is -2.24. The Morgan fingerprint density at radius 3 is 2.82 bits per heavy atom. The van der Waals surface area contributed by atoms with Crippen molar-refractivity contribution in [3.05, 3.63) is 34.9 Å². The Bertz CT molecular complexity index is 526. The summed E-state index contributed by atoms with van der Waals surface area (Å²) in [5, 5.41) is 13.7. The third kappa shape index (κ3) is 2.20. The van der Waals surface area contributed by atoms with E-state index in [0.29, 0.717) is 12.1 Å². The van der Waals surface area contributed by atoms with Gasteiger partial charge in [-0.2, -0.15) is 10.2 Å². The molecule has 6 heteroatoms. The maximum Gasteiger partial charge on any atom is 0.255 e. The molecule has 0 aromatic carbocycles. The number of aromatic nitrogens is 4. The molecule has 6 nitrogen and oxygen atoms in total. The quantitative estimate of drug-likeness (QED) is 0.819. The van der Waals surface area contributed by atoms with E-state index in [1.165, 1.54) is 0 Å². The van der Waals surface area contributed by atoms with Crippen LogP contribution in [0.25, 0.3) is 0 Å². The highest BCUT2D eigenvalue weighted by Crippen LogP contribution is 2.11. The Morgan fingerprint density at radius 1 is 1.53 bits per heavy atom. The van der Waals surface area contributed by atoms with E-state index in [2.05, 4.69) is 20.6 Å². The van der Waals surface area contributed by atoms with Crippen molar-refractivity contribution in [2.75, 3.05) is 0 Å². The summed E-state index contributed by atoms with van der Waals surface area (Å²) in [6, 6.07) is 1.82. The molecule has 0 unspecified atom stereocenters. The Morgan fingerprint density at radius 2 is 2.29 bits per heavy atom. The van der Waals surface area contributed by atoms with Crippen molar-refractivity contribution in [1.82, 2.24) is 25.3 Å². The normalized spacial score (nSPS) is 10.5. The summed E-state index contributed by atoms with van der Waals surface area (Å²) in [5.74, 6) is -0.109. The van der Waals surface area contributed by atoms with E-state index in [1.54, 1.807) is 10.9 Å². The van der Waals surface area contributed by atoms with Gasteiger partial charge in [-0.15, -0.1) is 0 Å². The van der Waals surface area contributed by atoms with Gasteiger partial charge in [0.25, 0.3) is 5.91 Å². The lowest BCUT2D eigenvalue weighted by Gasteiger charge is -2.03. The number of hydrogen-bond donors (Lipinski definition) is 2. The van der Waals surface area contributed by atoms with Crippen LogP contribution >= 0.6 is 0 Å². The molecule has 90 valence electrons. The van der Waals surface area contributed by atoms with Crippen molar-refractivity contribution in [1.29, 1.82) is 0 Å². The number of nitrogens with one attached hydrogen (secondary N) is 2. The highest BCUT2D eigenvalue weighted by molar-refractivity contribution is 5.96. The van der Waals surface area contributed by atoms with E-state index >= 15 is 0 Å². The molecule has 2 N–H and O–H groups in total. The smallest absolute Gasteiger partial charge is 0.255 e. The van der Waals surface area contributed by atoms with Gasteiger partial charge >= 0.3 is 0 Å². The molecular weight excluding hydrogens is 218 g/mol. The Kier molecular flexibility index (Phi) is 2.95. The zero-order chi connectivity index (χ0) is 12.4. The van der Waals surface area contributed by atoms with Crippen molar-refractivity contribution >= 4 is 5.91 Å². The molecule has 2 aromatic heterocycles. The highest BCUT2D eigenvalue weighted by atomic mass is 16.1. The molecule has 0 fully saturated rings. The third-order valence-corrected chi connectivity index (χ3v) is 2.73. The van der Waals surface area contributed by atoms with Gasteiger partial charge in [0.15, 0.2) is 0 Å². The van der Waals surface area contributed by atoms with Crippen molar-refractivity contribution in [2.45, 2.75) is 20.4 Å². The fourth-order valence-corrected chi connectivity index (χ4v) is 1.75. The molecular formula is C11H15N5O. The van der Waals surface area contributed by atoms with Crippen LogP contribution in [0.2, 0.25) is 0 Å². The first kappa shape index (κ1) is 11.4. The first-order valence-corrected chi connectivity index (χ1v) is 5.36. The second kappa shape index (κ2) is 4.40. The summed E-state index contributed by atoms with van der Waals surface area (Å²) in [5.41, 5.74) is 3.13. The van der Waals surface area contributed by atoms with E-state index in [4.69, 9.17) is 0 Å². The third-order valence-electron chi connectivity index (χ3n) is 2.73. The number of amides is 1. The van der Waals surface area contributed by atoms with Crippen LogP contribution in [0, 0.1) is 13.8 Å². The van der Waals surface area contributed by atoms with Gasteiger partial charge in [-0.25, -0.2) is 0 Å². The number of carbonyl (C=O) groups excluding carboxylic acids is 1. The topological polar surface area (TPSA) is 75.6 Å². The van der Waals surface area contributed by atoms with Crippen LogP contribution in [0.5, 0.6) is 0 Å². The minimum absolute atomic E-state index is 0.109. The van der Waals surface area contributed by atoms with Crippen LogP contribution in [-0.2, 0) is 13.6 Å². The van der Waals surface area contributed by atoms with E-state index in [1.807, 2.05) is 27.0 Å². The summed E-state index contributed by atoms with van der Waals surface area (Å²) in [4.78, 5) is 12.0. The largest absolute Gasteiger partial charge is 0.346 e. The van der Waals surface area contributed by atoms with Crippen molar-refractivity contribution in [3.63, 3.8) is 0 Å². The molecule has 1 amide bonds. The number of nitrogens with zero attached hydrogens (tertiary/aromatic N) is 3. The molecule has 0 saturated heterocycles. The standard InChI is InChI=1S/C11H15N5O/c1-7-10(8(2)16(3)15-7)11(17)12-6-9-4-5-13-14-9/h4-5H,6H2,1-3H3,(H,12,17)(H,13,14). The lowest BCUT2D eigenvalue weighted by molar-refractivity contribution is 0.0949. The molecule has 2 rings (SSSR count). The van der Waals surface area contributed by atoms with Crippen LogP contribution in [0.4, 0.5) is 0 Å². The number of carbonyl (C=O) groups is 1. The van der Waals surface area contributed by atoms with Crippen LogP contribution in [-0.4, -0.2) is 25.9 Å². The zero-order valence-electron chi connectivity index (χ0n) is 10.1. The van der Waals surface area contributed by atoms with Gasteiger partial charge in [0, 0.05) is 18.9 Å². The predicted octanol–water partition coefficient (Wildman–Crippen LogP) is 0.690. The van der Waals surface area contributed by atoms with Gasteiger partial charge in [0.05, 0.1) is 23.5 Å². The van der Waals surface area contributed by atoms with Gasteiger partial charge in [-0.05, 0) is 19.9 Å². The molecule has 2 heterocycles. The Balaban J connectivity index is 2.10. The number of aromatic amines is 1. The minimum atomic E-state index is -0.109. The Hall–Kier alpha value is -2.11. The number of H-pyrrole nitrogens is 1. The maximum absolute atomic E-state index is 12.0. The van der Waals surface area contributed by atoms with Gasteiger partial charge in [0.1, 0.15) is 0 Å². The van der Waals surface area contributed by atoms with Crippen LogP contribution in [0.3, 0.4) is 0 Å². The fourth-order valence-electron chi connectivity index (χ4n) is 1.75. The average molecular weight is 233 g/mol. The van der Waals surface area contributed by atoms with Gasteiger partial charge in [-0.3, -0.25) is 14.6 Å². The summed E-state index contributed by atoms with van der Waals surface area (Å²) in [6.07, 6.45) is 1.65. The number of rotatable bonds is 3. The van der Waals surface area contributed by atoms with Gasteiger partial charge in [-0.1, -0.05) is 0 Å². The molecule has 0 aliphatic rings. The van der Waals surface area contributed by atoms with Crippen molar-refractivity contribution < 1.29 is 4.79 Å². The van der Waals surface area contributed by atoms with E-state index in [-0.39, 0.29) is 5.91 Å². The second-order valence-corrected chi connectivity index (χ2v) is 3.93. The predicted molar refractivity (Wildman–Crippen MR) is 62.4 cm³/mol. The molecule has 0 radical (unpaired) electrons. The highest BCUT2D eigenvalue weighted by Gasteiger charge is 2.16. The molecule has 0 spiro atoms. The molecule has 0 bridgehead atoms. The summed E-state index contributed by atoms with van der Waals surface area (Å²) < 4.78 is 1.71. The van der Waals surface area contributed by atoms with Crippen molar-refractivity contribution in [2.24, 2.45) is 7.05 Å². The maximum atomic E-state index is 12.0. The van der Waals surface area contributed by atoms with Gasteiger partial charge < -0.3 is 5.32 Å². The zero-order valence-corrected chi connectivity index (χ0v) is 10.1. The Labute approximate surface area is 99.0 Å². The molecule has 0 aliphatic heterocycles. The van der Waals surface area contributed by atoms with Crippen LogP contribution < -0.4 is 5.32 Å². The average Bonchev–Trinajstić information content (AvgIpc) is 2.86. The number of aryl methyl sites for hydroxylation is 2. The van der Waals surface area contributed by atoms with E-state index < -0.39 is 0 Å². The van der Waals surface area contributed by atoms with Crippen LogP contribution in [0.1, 0.15) is 27.4 Å². The molecule has 0 aliphatic carbocycles. The molecule has 0 atom stereocenters. The molecule has 0 saturated carbocycles. The van der Waals surface area contributed by atoms with E-state index in [9.17, 15) is 4.79 Å². The molecule has 17 heavy (non-hydrogen) atoms. The fraction of sp³-hybridized carbons (Fsp3) is 0.364. The summed E-state index contributed by atoms with van der Waals surface area (Å²) >= 11 is 0.